The maximum atomic E-state index is 12.2. The molecule has 21 heavy (non-hydrogen) atoms. The van der Waals surface area contributed by atoms with Gasteiger partial charge in [0.25, 0.3) is 5.69 Å². The highest BCUT2D eigenvalue weighted by Gasteiger charge is 2.27. The van der Waals surface area contributed by atoms with Gasteiger partial charge in [0.05, 0.1) is 16.3 Å². The SMILES string of the molecule is O=C(Nc1ccc([N+](=O)[O-])cc1)C1CCc2n[nH]nc2C1. The molecule has 2 N–H and O–H groups in total. The number of aromatic nitrogens is 3. The molecule has 1 atom stereocenters. The number of fused-ring (bicyclic) bond motifs is 1. The van der Waals surface area contributed by atoms with Crippen LogP contribution in [0.3, 0.4) is 0 Å². The number of H-pyrrole nitrogens is 1. The largest absolute Gasteiger partial charge is 0.326 e. The van der Waals surface area contributed by atoms with E-state index < -0.39 is 4.92 Å². The minimum atomic E-state index is -0.473. The zero-order valence-electron chi connectivity index (χ0n) is 11.1. The molecule has 0 radical (unpaired) electrons. The summed E-state index contributed by atoms with van der Waals surface area (Å²) in [5, 5.41) is 24.0. The maximum Gasteiger partial charge on any atom is 0.269 e. The quantitative estimate of drug-likeness (QED) is 0.655. The Morgan fingerprint density at radius 1 is 1.29 bits per heavy atom. The number of carbonyl (C=O) groups is 1. The second-order valence-corrected chi connectivity index (χ2v) is 4.95. The second kappa shape index (κ2) is 5.31. The molecule has 1 unspecified atom stereocenters. The number of hydrogen-bond acceptors (Lipinski definition) is 5. The lowest BCUT2D eigenvalue weighted by Crippen LogP contribution is -2.28. The second-order valence-electron chi connectivity index (χ2n) is 4.95. The topological polar surface area (TPSA) is 114 Å². The Hall–Kier alpha value is -2.77. The van der Waals surface area contributed by atoms with Gasteiger partial charge < -0.3 is 5.32 Å². The molecule has 2 aromatic rings. The predicted octanol–water partition coefficient (Wildman–Crippen LogP) is 1.46. The third-order valence-electron chi connectivity index (χ3n) is 3.59. The Labute approximate surface area is 119 Å². The molecule has 0 spiro atoms. The van der Waals surface area contributed by atoms with E-state index in [0.717, 1.165) is 24.2 Å². The number of amides is 1. The first kappa shape index (κ1) is 13.2. The van der Waals surface area contributed by atoms with Crippen LogP contribution >= 0.6 is 0 Å². The van der Waals surface area contributed by atoms with Crippen molar-refractivity contribution in [3.05, 3.63) is 45.8 Å². The average molecular weight is 287 g/mol. The van der Waals surface area contributed by atoms with Crippen molar-refractivity contribution in [1.82, 2.24) is 15.4 Å². The number of benzene rings is 1. The molecule has 1 aliphatic rings. The van der Waals surface area contributed by atoms with E-state index in [1.54, 1.807) is 0 Å². The van der Waals surface area contributed by atoms with Crippen molar-refractivity contribution in [2.45, 2.75) is 19.3 Å². The predicted molar refractivity (Wildman–Crippen MR) is 73.6 cm³/mol. The van der Waals surface area contributed by atoms with Crippen molar-refractivity contribution in [3.63, 3.8) is 0 Å². The molecule has 0 saturated carbocycles. The molecule has 0 fully saturated rings. The molecule has 0 saturated heterocycles. The van der Waals surface area contributed by atoms with Crippen LogP contribution in [0.25, 0.3) is 0 Å². The van der Waals surface area contributed by atoms with Crippen LogP contribution in [0, 0.1) is 16.0 Å². The summed E-state index contributed by atoms with van der Waals surface area (Å²) in [5.41, 5.74) is 2.31. The minimum absolute atomic E-state index is 0.00194. The van der Waals surface area contributed by atoms with E-state index in [9.17, 15) is 14.9 Å². The summed E-state index contributed by atoms with van der Waals surface area (Å²) in [6, 6.07) is 5.79. The molecule has 8 nitrogen and oxygen atoms in total. The van der Waals surface area contributed by atoms with Crippen molar-refractivity contribution in [2.24, 2.45) is 5.92 Å². The van der Waals surface area contributed by atoms with Gasteiger partial charge in [0.2, 0.25) is 5.91 Å². The van der Waals surface area contributed by atoms with E-state index in [1.165, 1.54) is 24.3 Å². The normalized spacial score (nSPS) is 17.0. The van der Waals surface area contributed by atoms with Crippen LogP contribution in [0.1, 0.15) is 17.8 Å². The van der Waals surface area contributed by atoms with E-state index in [4.69, 9.17) is 0 Å². The number of rotatable bonds is 3. The van der Waals surface area contributed by atoms with Gasteiger partial charge in [-0.05, 0) is 25.0 Å². The monoisotopic (exact) mass is 287 g/mol. The third-order valence-corrected chi connectivity index (χ3v) is 3.59. The summed E-state index contributed by atoms with van der Waals surface area (Å²) in [5.74, 6) is -0.254. The first-order chi connectivity index (χ1) is 10.1. The minimum Gasteiger partial charge on any atom is -0.326 e. The molecule has 8 heteroatoms. The average Bonchev–Trinajstić information content (AvgIpc) is 2.95. The molecule has 0 aliphatic heterocycles. The van der Waals surface area contributed by atoms with E-state index in [2.05, 4.69) is 20.7 Å². The number of nitrogens with one attached hydrogen (secondary N) is 2. The number of nitro benzene ring substituents is 1. The highest BCUT2D eigenvalue weighted by atomic mass is 16.6. The number of aryl methyl sites for hydroxylation is 1. The standard InChI is InChI=1S/C13H13N5O3/c19-13(8-1-6-11-12(7-8)16-17-15-11)14-9-2-4-10(5-3-9)18(20)21/h2-5,8H,1,6-7H2,(H,14,19)(H,15,16,17). The summed E-state index contributed by atoms with van der Waals surface area (Å²) in [6.45, 7) is 0. The van der Waals surface area contributed by atoms with Gasteiger partial charge in [0.15, 0.2) is 0 Å². The van der Waals surface area contributed by atoms with Gasteiger partial charge in [-0.1, -0.05) is 0 Å². The molecular formula is C13H13N5O3. The van der Waals surface area contributed by atoms with E-state index in [1.807, 2.05) is 0 Å². The fraction of sp³-hybridized carbons (Fsp3) is 0.308. The van der Waals surface area contributed by atoms with E-state index >= 15 is 0 Å². The van der Waals surface area contributed by atoms with Gasteiger partial charge in [-0.25, -0.2) is 0 Å². The van der Waals surface area contributed by atoms with Gasteiger partial charge in [-0.3, -0.25) is 14.9 Å². The number of hydrogen-bond donors (Lipinski definition) is 2. The molecule has 1 heterocycles. The van der Waals surface area contributed by atoms with Crippen LogP contribution in [-0.4, -0.2) is 26.2 Å². The number of carbonyl (C=O) groups excluding carboxylic acids is 1. The molecule has 108 valence electrons. The van der Waals surface area contributed by atoms with Gasteiger partial charge in [-0.2, -0.15) is 15.4 Å². The molecule has 1 aromatic carbocycles. The van der Waals surface area contributed by atoms with Crippen LogP contribution in [0.5, 0.6) is 0 Å². The Kier molecular flexibility index (Phi) is 3.35. The van der Waals surface area contributed by atoms with Gasteiger partial charge in [0, 0.05) is 30.2 Å². The van der Waals surface area contributed by atoms with Crippen molar-refractivity contribution in [3.8, 4) is 0 Å². The Morgan fingerprint density at radius 3 is 2.71 bits per heavy atom. The van der Waals surface area contributed by atoms with Crippen LogP contribution in [0.2, 0.25) is 0 Å². The number of non-ortho nitro benzene ring substituents is 1. The molecule has 0 bridgehead atoms. The first-order valence-corrected chi connectivity index (χ1v) is 6.57. The summed E-state index contributed by atoms with van der Waals surface area (Å²) < 4.78 is 0. The fourth-order valence-corrected chi connectivity index (χ4v) is 2.42. The Bertz CT molecular complexity index is 679. The number of nitro groups is 1. The molecular weight excluding hydrogens is 274 g/mol. The highest BCUT2D eigenvalue weighted by Crippen LogP contribution is 2.24. The smallest absolute Gasteiger partial charge is 0.269 e. The van der Waals surface area contributed by atoms with Gasteiger partial charge in [-0.15, -0.1) is 0 Å². The lowest BCUT2D eigenvalue weighted by molar-refractivity contribution is -0.384. The van der Waals surface area contributed by atoms with Crippen LogP contribution in [0.15, 0.2) is 24.3 Å². The number of anilines is 1. The van der Waals surface area contributed by atoms with Gasteiger partial charge in [0.1, 0.15) is 0 Å². The molecule has 1 aliphatic carbocycles. The Balaban J connectivity index is 1.65. The van der Waals surface area contributed by atoms with Crippen molar-refractivity contribution >= 4 is 17.3 Å². The van der Waals surface area contributed by atoms with Crippen molar-refractivity contribution in [1.29, 1.82) is 0 Å². The summed E-state index contributed by atoms with van der Waals surface area (Å²) in [6.07, 6.45) is 2.01. The van der Waals surface area contributed by atoms with Gasteiger partial charge >= 0.3 is 0 Å². The molecule has 1 aromatic heterocycles. The highest BCUT2D eigenvalue weighted by molar-refractivity contribution is 5.92. The van der Waals surface area contributed by atoms with Crippen LogP contribution < -0.4 is 5.32 Å². The van der Waals surface area contributed by atoms with Crippen molar-refractivity contribution < 1.29 is 9.72 Å². The van der Waals surface area contributed by atoms with E-state index in [0.29, 0.717) is 12.1 Å². The first-order valence-electron chi connectivity index (χ1n) is 6.57. The van der Waals surface area contributed by atoms with E-state index in [-0.39, 0.29) is 17.5 Å². The molecule has 1 amide bonds. The number of aromatic amines is 1. The summed E-state index contributed by atoms with van der Waals surface area (Å²) >= 11 is 0. The summed E-state index contributed by atoms with van der Waals surface area (Å²) in [7, 11) is 0. The fourth-order valence-electron chi connectivity index (χ4n) is 2.42. The maximum absolute atomic E-state index is 12.2. The number of nitrogens with zero attached hydrogens (tertiary/aromatic N) is 3. The van der Waals surface area contributed by atoms with Crippen molar-refractivity contribution in [2.75, 3.05) is 5.32 Å². The summed E-state index contributed by atoms with van der Waals surface area (Å²) in [4.78, 5) is 22.3. The van der Waals surface area contributed by atoms with Crippen LogP contribution in [0.4, 0.5) is 11.4 Å². The lowest BCUT2D eigenvalue weighted by atomic mass is 9.89. The zero-order valence-corrected chi connectivity index (χ0v) is 11.1. The zero-order chi connectivity index (χ0) is 14.8. The lowest BCUT2D eigenvalue weighted by Gasteiger charge is -2.19. The Morgan fingerprint density at radius 2 is 2.00 bits per heavy atom. The molecule has 3 rings (SSSR count). The van der Waals surface area contributed by atoms with Crippen LogP contribution in [-0.2, 0) is 17.6 Å². The third kappa shape index (κ3) is 2.73.